The number of benzene rings is 4. The Morgan fingerprint density at radius 1 is 0.694 bits per heavy atom. The van der Waals surface area contributed by atoms with Gasteiger partial charge in [-0.2, -0.15) is 13.2 Å². The molecule has 4 nitrogen and oxygen atoms in total. The van der Waals surface area contributed by atoms with Crippen molar-refractivity contribution in [3.8, 4) is 23.0 Å². The van der Waals surface area contributed by atoms with Crippen molar-refractivity contribution in [2.75, 3.05) is 0 Å². The number of hydrogen-bond donors (Lipinski definition) is 0. The van der Waals surface area contributed by atoms with Gasteiger partial charge in [0, 0.05) is 5.02 Å². The van der Waals surface area contributed by atoms with Gasteiger partial charge in [0.05, 0.1) is 0 Å². The highest BCUT2D eigenvalue weighted by molar-refractivity contribution is 6.30. The first-order valence-electron chi connectivity index (χ1n) is 10.4. The van der Waals surface area contributed by atoms with Gasteiger partial charge in [-0.05, 0) is 91.9 Å². The number of carboxylic acids is 1. The van der Waals surface area contributed by atoms with Gasteiger partial charge in [-0.25, -0.2) is 0 Å². The Labute approximate surface area is 221 Å². The molecule has 0 aliphatic heterocycles. The van der Waals surface area contributed by atoms with E-state index in [1.807, 2.05) is 60.7 Å². The number of aliphatic carboxylic acids is 1. The van der Waals surface area contributed by atoms with E-state index >= 15 is 0 Å². The average Bonchev–Trinajstić information content (AvgIpc) is 2.84. The van der Waals surface area contributed by atoms with Gasteiger partial charge in [0.1, 0.15) is 29.0 Å². The van der Waals surface area contributed by atoms with E-state index < -0.39 is 12.1 Å². The zero-order valence-corrected chi connectivity index (χ0v) is 21.7. The van der Waals surface area contributed by atoms with Crippen molar-refractivity contribution in [1.29, 1.82) is 0 Å². The molecule has 0 spiro atoms. The van der Waals surface area contributed by atoms with Crippen LogP contribution in [0.2, 0.25) is 5.02 Å². The van der Waals surface area contributed by atoms with Crippen molar-refractivity contribution in [2.45, 2.75) is 13.1 Å². The Bertz CT molecular complexity index is 1170. The number of hydrogen-bond acceptors (Lipinski definition) is 4. The molecule has 0 bridgehead atoms. The third-order valence-corrected chi connectivity index (χ3v) is 7.32. The first-order valence-corrected chi connectivity index (χ1v) is 12.9. The van der Waals surface area contributed by atoms with E-state index in [4.69, 9.17) is 31.0 Å². The van der Waals surface area contributed by atoms with Crippen LogP contribution in [0, 0.1) is 14.1 Å². The van der Waals surface area contributed by atoms with Crippen molar-refractivity contribution >= 4 is 17.6 Å². The number of carboxylic acid groups (broad SMARTS) is 1. The third kappa shape index (κ3) is 9.09. The molecule has 0 amide bonds. The summed E-state index contributed by atoms with van der Waals surface area (Å²) in [4.78, 5) is 8.78. The van der Waals surface area contributed by atoms with Gasteiger partial charge in [-0.1, -0.05) is 29.3 Å². The van der Waals surface area contributed by atoms with E-state index in [1.165, 1.54) is 12.7 Å². The summed E-state index contributed by atoms with van der Waals surface area (Å²) in [5, 5.41) is 9.49. The predicted molar refractivity (Wildman–Crippen MR) is 124 cm³/mol. The van der Waals surface area contributed by atoms with Gasteiger partial charge in [-0.3, -0.25) is 0 Å². The maximum absolute atomic E-state index is 10.5. The van der Waals surface area contributed by atoms with Gasteiger partial charge in [0.15, 0.2) is 7.14 Å². The fourth-order valence-corrected chi connectivity index (χ4v) is 4.92. The van der Waals surface area contributed by atoms with Crippen LogP contribution in [0.25, 0.3) is 0 Å². The smallest absolute Gasteiger partial charge is 0.430 e. The fraction of sp³-hybridized carbons (Fsp3) is 0.0741. The molecular formula is C27H19ClF3IO4. The lowest BCUT2D eigenvalue weighted by Gasteiger charge is -2.05. The normalized spacial score (nSPS) is 10.7. The van der Waals surface area contributed by atoms with Crippen LogP contribution in [0.1, 0.15) is 5.56 Å². The summed E-state index contributed by atoms with van der Waals surface area (Å²) >= 11 is 5.65. The van der Waals surface area contributed by atoms with E-state index in [1.54, 1.807) is 0 Å². The van der Waals surface area contributed by atoms with Crippen LogP contribution in [-0.2, 0) is 4.79 Å². The fourth-order valence-electron chi connectivity index (χ4n) is 2.64. The molecule has 9 heteroatoms. The van der Waals surface area contributed by atoms with Crippen LogP contribution in [0.5, 0.6) is 23.0 Å². The third-order valence-electron chi connectivity index (χ3n) is 4.38. The van der Waals surface area contributed by atoms with E-state index in [0.29, 0.717) is 5.02 Å². The second-order valence-electron chi connectivity index (χ2n) is 7.26. The first-order chi connectivity index (χ1) is 17.1. The molecule has 36 heavy (non-hydrogen) atoms. The molecule has 0 N–H and O–H groups in total. The molecule has 0 aromatic heterocycles. The van der Waals surface area contributed by atoms with Gasteiger partial charge < -0.3 is 19.4 Å². The summed E-state index contributed by atoms with van der Waals surface area (Å²) in [5.74, 6) is 0.304. The minimum Gasteiger partial charge on any atom is -0.542 e. The minimum absolute atomic E-state index is 0.255. The average molecular weight is 627 g/mol. The Kier molecular flexibility index (Phi) is 9.60. The molecule has 0 heterocycles. The van der Waals surface area contributed by atoms with Crippen LogP contribution in [0.4, 0.5) is 13.2 Å². The number of carbonyl (C=O) groups is 1. The Balaban J connectivity index is 0.000000454. The van der Waals surface area contributed by atoms with E-state index in [0.717, 1.165) is 23.0 Å². The zero-order valence-electron chi connectivity index (χ0n) is 18.8. The number of aryl methyl sites for hydroxylation is 1. The molecule has 0 unspecified atom stereocenters. The Hall–Kier alpha value is -3.24. The summed E-state index contributed by atoms with van der Waals surface area (Å²) in [7, 11) is 0. The molecule has 0 radical (unpaired) electrons. The molecule has 4 rings (SSSR count). The Morgan fingerprint density at radius 3 is 1.33 bits per heavy atom. The van der Waals surface area contributed by atoms with Gasteiger partial charge in [-0.15, -0.1) is 0 Å². The number of halogens is 5. The van der Waals surface area contributed by atoms with Crippen molar-refractivity contribution < 1.29 is 53.8 Å². The van der Waals surface area contributed by atoms with Gasteiger partial charge >= 0.3 is 27.4 Å². The van der Waals surface area contributed by atoms with Crippen LogP contribution in [0.3, 0.4) is 0 Å². The highest BCUT2D eigenvalue weighted by atomic mass is 127. The van der Waals surface area contributed by atoms with E-state index in [-0.39, 0.29) is 21.2 Å². The maximum Gasteiger partial charge on any atom is 0.430 e. The van der Waals surface area contributed by atoms with Crippen molar-refractivity contribution in [3.63, 3.8) is 0 Å². The Morgan fingerprint density at radius 2 is 1.00 bits per heavy atom. The van der Waals surface area contributed by atoms with Crippen LogP contribution in [0.15, 0.2) is 97.1 Å². The summed E-state index contributed by atoms with van der Waals surface area (Å²) in [6.07, 6.45) is -5.19. The van der Waals surface area contributed by atoms with Crippen molar-refractivity contribution in [3.05, 3.63) is 115 Å². The molecule has 0 fully saturated rings. The van der Waals surface area contributed by atoms with E-state index in [9.17, 15) is 13.2 Å². The lowest BCUT2D eigenvalue weighted by molar-refractivity contribution is -0.597. The first kappa shape index (κ1) is 27.3. The zero-order chi connectivity index (χ0) is 26.1. The van der Waals surface area contributed by atoms with Crippen LogP contribution >= 0.6 is 11.6 Å². The lowest BCUT2D eigenvalue weighted by atomic mass is 10.2. The highest BCUT2D eigenvalue weighted by Crippen LogP contribution is 2.23. The monoisotopic (exact) mass is 626 g/mol. The molecule has 4 aromatic rings. The quantitative estimate of drug-likeness (QED) is 0.307. The van der Waals surface area contributed by atoms with Crippen molar-refractivity contribution in [2.24, 2.45) is 0 Å². The molecule has 0 saturated carbocycles. The molecule has 0 saturated heterocycles. The number of ether oxygens (including phenoxy) is 2. The second kappa shape index (κ2) is 12.6. The number of carbonyl (C=O) groups excluding carboxylic acids is 1. The largest absolute Gasteiger partial charge is 0.542 e. The molecule has 0 aliphatic carbocycles. The van der Waals surface area contributed by atoms with Crippen molar-refractivity contribution in [1.82, 2.24) is 0 Å². The SMILES string of the molecule is Cc1ccc(Oc2ccc([I+]c3ccc(Oc4ccc(Cl)cc4)cc3)cc2)cc1.O=C([O-])C(F)(F)F. The van der Waals surface area contributed by atoms with Crippen LogP contribution < -0.4 is 35.8 Å². The molecule has 186 valence electrons. The summed E-state index contributed by atoms with van der Waals surface area (Å²) in [5.41, 5.74) is 1.22. The molecule has 4 aromatic carbocycles. The van der Waals surface area contributed by atoms with E-state index in [2.05, 4.69) is 43.3 Å². The molecule has 0 atom stereocenters. The van der Waals surface area contributed by atoms with Gasteiger partial charge in [0.2, 0.25) is 0 Å². The maximum atomic E-state index is 10.5. The van der Waals surface area contributed by atoms with Crippen LogP contribution in [-0.4, -0.2) is 12.1 Å². The molecular weight excluding hydrogens is 608 g/mol. The molecule has 0 aliphatic rings. The summed E-state index contributed by atoms with van der Waals surface area (Å²) < 4.78 is 46.0. The van der Waals surface area contributed by atoms with Gasteiger partial charge in [0.25, 0.3) is 0 Å². The minimum atomic E-state index is -5.19. The second-order valence-corrected chi connectivity index (χ2v) is 10.7. The predicted octanol–water partition coefficient (Wildman–Crippen LogP) is 3.66. The summed E-state index contributed by atoms with van der Waals surface area (Å²) in [6.45, 7) is 2.07. The lowest BCUT2D eigenvalue weighted by Crippen LogP contribution is -3.61. The summed E-state index contributed by atoms with van der Waals surface area (Å²) in [6, 6.07) is 32.1. The topological polar surface area (TPSA) is 58.6 Å². The standard InChI is InChI=1S/C25H19ClIO2.C2HF3O2/c1-18-2-10-22(11-3-18)28-24-14-6-20(7-15-24)27-21-8-16-25(17-9-21)29-23-12-4-19(26)5-13-23;3-2(4,5)1(6)7/h2-17H,1H3;(H,6,7)/q+1;/p-1. The number of alkyl halides is 3. The highest BCUT2D eigenvalue weighted by Gasteiger charge is 2.28. The number of rotatable bonds is 6.